The Morgan fingerprint density at radius 3 is 1.86 bits per heavy atom. The molecule has 2 N–H and O–H groups in total. The number of ether oxygens (including phenoxy) is 1. The first-order valence-corrected chi connectivity index (χ1v) is 11.8. The fourth-order valence-corrected chi connectivity index (χ4v) is 4.79. The van der Waals surface area contributed by atoms with E-state index < -0.39 is 11.6 Å². The van der Waals surface area contributed by atoms with E-state index in [0.29, 0.717) is 23.5 Å². The minimum Gasteiger partial charge on any atom is -0.494 e. The first kappa shape index (κ1) is 28.3. The van der Waals surface area contributed by atoms with Crippen LogP contribution in [-0.4, -0.2) is 76.9 Å². The van der Waals surface area contributed by atoms with E-state index in [2.05, 4.69) is 4.90 Å². The van der Waals surface area contributed by atoms with Crippen LogP contribution in [0.1, 0.15) is 40.7 Å². The number of aromatic carboxylic acids is 1. The Hall–Kier alpha value is -2.29. The third-order valence-electron chi connectivity index (χ3n) is 6.74. The van der Waals surface area contributed by atoms with Crippen molar-refractivity contribution < 1.29 is 28.5 Å². The fraction of sp³-hybridized carbons (Fsp3) is 0.321. The zero-order chi connectivity index (χ0) is 24.8. The van der Waals surface area contributed by atoms with Crippen LogP contribution in [0.15, 0.2) is 72.8 Å². The number of hydrogen-bond donors (Lipinski definition) is 2. The Balaban J connectivity index is 0.00000361. The molecule has 8 heteroatoms. The van der Waals surface area contributed by atoms with Gasteiger partial charge in [0.1, 0.15) is 23.0 Å². The molecular formula is C28H29F2NNaO4. The number of nitrogens with zero attached hydrogens (tertiary/aromatic N) is 1. The summed E-state index contributed by atoms with van der Waals surface area (Å²) in [6.45, 7) is 2.94. The SMILES string of the molecule is O=C(O)c1ccc(OCCCN2CCC(C(O)(c3ccc(F)cc3)c3ccc(F)cc3)CC2)cc1.[Na]. The topological polar surface area (TPSA) is 70.0 Å². The van der Waals surface area contributed by atoms with Crippen molar-refractivity contribution in [2.75, 3.05) is 26.2 Å². The number of hydrogen-bond acceptors (Lipinski definition) is 4. The molecule has 1 radical (unpaired) electrons. The number of carbonyl (C=O) groups is 1. The van der Waals surface area contributed by atoms with Gasteiger partial charge in [-0.15, -0.1) is 0 Å². The number of piperidine rings is 1. The van der Waals surface area contributed by atoms with Crippen LogP contribution in [0.4, 0.5) is 8.78 Å². The van der Waals surface area contributed by atoms with Gasteiger partial charge in [-0.05, 0) is 97.9 Å². The van der Waals surface area contributed by atoms with Gasteiger partial charge < -0.3 is 19.8 Å². The van der Waals surface area contributed by atoms with Gasteiger partial charge in [-0.2, -0.15) is 0 Å². The van der Waals surface area contributed by atoms with Crippen LogP contribution in [0.25, 0.3) is 0 Å². The maximum absolute atomic E-state index is 13.6. The van der Waals surface area contributed by atoms with E-state index in [1.165, 1.54) is 36.4 Å². The molecule has 0 amide bonds. The Labute approximate surface area is 232 Å². The maximum Gasteiger partial charge on any atom is 0.335 e. The predicted octanol–water partition coefficient (Wildman–Crippen LogP) is 4.70. The van der Waals surface area contributed by atoms with Crippen molar-refractivity contribution in [3.63, 3.8) is 0 Å². The van der Waals surface area contributed by atoms with Crippen LogP contribution in [0.3, 0.4) is 0 Å². The second-order valence-electron chi connectivity index (χ2n) is 8.93. The summed E-state index contributed by atoms with van der Waals surface area (Å²) in [5, 5.41) is 20.9. The molecule has 185 valence electrons. The van der Waals surface area contributed by atoms with E-state index in [1.54, 1.807) is 36.4 Å². The largest absolute Gasteiger partial charge is 0.494 e. The molecule has 3 aromatic carbocycles. The summed E-state index contributed by atoms with van der Waals surface area (Å²) in [6.07, 6.45) is 2.29. The molecule has 1 heterocycles. The number of carboxylic acid groups (broad SMARTS) is 1. The summed E-state index contributed by atoms with van der Waals surface area (Å²) in [6, 6.07) is 18.1. The average Bonchev–Trinajstić information content (AvgIpc) is 2.87. The zero-order valence-electron chi connectivity index (χ0n) is 20.4. The Bertz CT molecular complexity index is 1070. The number of benzene rings is 3. The van der Waals surface area contributed by atoms with E-state index in [0.717, 1.165) is 38.9 Å². The monoisotopic (exact) mass is 504 g/mol. The van der Waals surface area contributed by atoms with Crippen LogP contribution in [-0.2, 0) is 5.60 Å². The first-order chi connectivity index (χ1) is 16.9. The van der Waals surface area contributed by atoms with Gasteiger partial charge in [0.25, 0.3) is 0 Å². The minimum atomic E-state index is -1.33. The molecular weight excluding hydrogens is 475 g/mol. The first-order valence-electron chi connectivity index (χ1n) is 11.8. The average molecular weight is 505 g/mol. The number of carboxylic acids is 1. The van der Waals surface area contributed by atoms with Gasteiger partial charge in [-0.1, -0.05) is 24.3 Å². The van der Waals surface area contributed by atoms with E-state index in [4.69, 9.17) is 9.84 Å². The van der Waals surface area contributed by atoms with Crippen LogP contribution in [0.5, 0.6) is 5.75 Å². The zero-order valence-corrected chi connectivity index (χ0v) is 22.4. The Morgan fingerprint density at radius 2 is 1.39 bits per heavy atom. The molecule has 1 aliphatic rings. The van der Waals surface area contributed by atoms with Crippen molar-refractivity contribution in [2.24, 2.45) is 5.92 Å². The number of rotatable bonds is 9. The Morgan fingerprint density at radius 1 is 0.889 bits per heavy atom. The molecule has 5 nitrogen and oxygen atoms in total. The van der Waals surface area contributed by atoms with Gasteiger partial charge in [-0.25, -0.2) is 13.6 Å². The van der Waals surface area contributed by atoms with Crippen LogP contribution >= 0.6 is 0 Å². The van der Waals surface area contributed by atoms with E-state index in [9.17, 15) is 18.7 Å². The maximum atomic E-state index is 13.6. The third kappa shape index (κ3) is 6.72. The summed E-state index contributed by atoms with van der Waals surface area (Å²) in [7, 11) is 0. The normalized spacial score (nSPS) is 14.8. The fourth-order valence-electron chi connectivity index (χ4n) is 4.79. The van der Waals surface area contributed by atoms with Crippen LogP contribution < -0.4 is 4.74 Å². The summed E-state index contributed by atoms with van der Waals surface area (Å²) in [4.78, 5) is 13.3. The van der Waals surface area contributed by atoms with Crippen molar-refractivity contribution in [1.82, 2.24) is 4.90 Å². The van der Waals surface area contributed by atoms with Crippen molar-refractivity contribution in [3.8, 4) is 5.75 Å². The predicted molar refractivity (Wildman–Crippen MR) is 134 cm³/mol. The van der Waals surface area contributed by atoms with E-state index >= 15 is 0 Å². The molecule has 0 aromatic heterocycles. The summed E-state index contributed by atoms with van der Waals surface area (Å²) >= 11 is 0. The molecule has 3 aromatic rings. The molecule has 4 rings (SSSR count). The molecule has 0 saturated carbocycles. The summed E-state index contributed by atoms with van der Waals surface area (Å²) in [5.74, 6) is -1.17. The molecule has 0 spiro atoms. The molecule has 0 unspecified atom stereocenters. The molecule has 0 atom stereocenters. The quantitative estimate of drug-likeness (QED) is 0.327. The molecule has 0 aliphatic carbocycles. The third-order valence-corrected chi connectivity index (χ3v) is 6.74. The smallest absolute Gasteiger partial charge is 0.335 e. The van der Waals surface area contributed by atoms with Gasteiger partial charge in [0.05, 0.1) is 12.2 Å². The number of aliphatic hydroxyl groups is 1. The van der Waals surface area contributed by atoms with Gasteiger partial charge in [-0.3, -0.25) is 0 Å². The standard InChI is InChI=1S/C28H29F2NO4.Na/c29-24-8-4-21(5-9-24)28(34,22-6-10-25(30)11-7-22)23-14-17-31(18-15-23)16-1-19-35-26-12-2-20(3-13-26)27(32)33;/h2-13,23,34H,1,14-19H2,(H,32,33);. The molecule has 1 saturated heterocycles. The summed E-state index contributed by atoms with van der Waals surface area (Å²) in [5.41, 5.74) is 0.0950. The van der Waals surface area contributed by atoms with E-state index in [1.807, 2.05) is 0 Å². The van der Waals surface area contributed by atoms with Gasteiger partial charge in [0.2, 0.25) is 0 Å². The van der Waals surface area contributed by atoms with Crippen molar-refractivity contribution in [2.45, 2.75) is 24.9 Å². The van der Waals surface area contributed by atoms with Crippen molar-refractivity contribution >= 4 is 35.5 Å². The molecule has 1 aliphatic heterocycles. The van der Waals surface area contributed by atoms with Gasteiger partial charge in [0.15, 0.2) is 0 Å². The van der Waals surface area contributed by atoms with Gasteiger partial charge in [0, 0.05) is 36.1 Å². The van der Waals surface area contributed by atoms with Crippen LogP contribution in [0.2, 0.25) is 0 Å². The van der Waals surface area contributed by atoms with Crippen molar-refractivity contribution in [1.29, 1.82) is 0 Å². The second-order valence-corrected chi connectivity index (χ2v) is 8.93. The second kappa shape index (κ2) is 12.8. The van der Waals surface area contributed by atoms with Crippen molar-refractivity contribution in [3.05, 3.63) is 101 Å². The Kier molecular flexibility index (Phi) is 10.0. The number of likely N-dealkylation sites (tertiary alicyclic amines) is 1. The van der Waals surface area contributed by atoms with Gasteiger partial charge >= 0.3 is 5.97 Å². The van der Waals surface area contributed by atoms with E-state index in [-0.39, 0.29) is 52.7 Å². The molecule has 0 bridgehead atoms. The molecule has 36 heavy (non-hydrogen) atoms. The summed E-state index contributed by atoms with van der Waals surface area (Å²) < 4.78 is 32.8. The molecule has 1 fully saturated rings. The number of halogens is 2. The minimum absolute atomic E-state index is 0. The van der Waals surface area contributed by atoms with Crippen LogP contribution in [0, 0.1) is 17.6 Å².